The normalized spacial score (nSPS) is 10.3. The number of nitrogen functional groups attached to an aromatic ring is 1. The van der Waals surface area contributed by atoms with E-state index in [-0.39, 0.29) is 5.69 Å². The molecule has 8 nitrogen and oxygen atoms in total. The van der Waals surface area contributed by atoms with Crippen LogP contribution in [0.1, 0.15) is 0 Å². The fourth-order valence-corrected chi connectivity index (χ4v) is 2.07. The summed E-state index contributed by atoms with van der Waals surface area (Å²) in [6.45, 7) is 0. The minimum Gasteiger partial charge on any atom is -0.497 e. The van der Waals surface area contributed by atoms with Gasteiger partial charge in [-0.15, -0.1) is 10.2 Å². The highest BCUT2D eigenvalue weighted by atomic mass is 32.2. The average molecular weight is 267 g/mol. The van der Waals surface area contributed by atoms with Crippen molar-refractivity contribution in [3.05, 3.63) is 34.6 Å². The van der Waals surface area contributed by atoms with Crippen LogP contribution in [0.2, 0.25) is 0 Å². The summed E-state index contributed by atoms with van der Waals surface area (Å²) in [5, 5.41) is 18.7. The highest BCUT2D eigenvalue weighted by molar-refractivity contribution is 7.99. The minimum absolute atomic E-state index is 0.0673. The van der Waals surface area contributed by atoms with E-state index in [9.17, 15) is 10.1 Å². The molecule has 0 bridgehead atoms. The van der Waals surface area contributed by atoms with E-state index in [4.69, 9.17) is 10.6 Å². The number of nitro groups is 1. The van der Waals surface area contributed by atoms with Gasteiger partial charge in [-0.2, -0.15) is 0 Å². The summed E-state index contributed by atoms with van der Waals surface area (Å²) < 4.78 is 6.14. The summed E-state index contributed by atoms with van der Waals surface area (Å²) >= 11 is 1.06. The van der Waals surface area contributed by atoms with E-state index in [1.807, 2.05) is 0 Å². The van der Waals surface area contributed by atoms with Crippen molar-refractivity contribution in [1.29, 1.82) is 0 Å². The lowest BCUT2D eigenvalue weighted by molar-refractivity contribution is -0.387. The van der Waals surface area contributed by atoms with E-state index in [1.165, 1.54) is 24.2 Å². The molecule has 0 aliphatic rings. The third kappa shape index (κ3) is 2.35. The van der Waals surface area contributed by atoms with Gasteiger partial charge in [0.15, 0.2) is 0 Å². The maximum atomic E-state index is 11.0. The Morgan fingerprint density at radius 3 is 2.89 bits per heavy atom. The predicted octanol–water partition coefficient (Wildman–Crippen LogP) is 1.06. The molecule has 0 saturated carbocycles. The van der Waals surface area contributed by atoms with Crippen LogP contribution >= 0.6 is 11.8 Å². The number of aromatic nitrogens is 3. The van der Waals surface area contributed by atoms with Crippen molar-refractivity contribution in [1.82, 2.24) is 14.9 Å². The SMILES string of the molecule is COc1ccc(Sc2nncn2N)c([N+](=O)[O-])c1. The van der Waals surface area contributed by atoms with E-state index in [2.05, 4.69) is 10.2 Å². The monoisotopic (exact) mass is 267 g/mol. The van der Waals surface area contributed by atoms with Crippen LogP contribution in [0.4, 0.5) is 5.69 Å². The smallest absolute Gasteiger partial charge is 0.287 e. The van der Waals surface area contributed by atoms with Gasteiger partial charge in [-0.05, 0) is 23.9 Å². The third-order valence-corrected chi connectivity index (χ3v) is 3.14. The van der Waals surface area contributed by atoms with Crippen LogP contribution in [-0.4, -0.2) is 26.9 Å². The average Bonchev–Trinajstić information content (AvgIpc) is 2.75. The molecular weight excluding hydrogens is 258 g/mol. The zero-order chi connectivity index (χ0) is 13.1. The van der Waals surface area contributed by atoms with Crippen LogP contribution in [0.15, 0.2) is 34.6 Å². The second kappa shape index (κ2) is 4.92. The number of nitro benzene ring substituents is 1. The molecule has 2 aromatic rings. The quantitative estimate of drug-likeness (QED) is 0.501. The molecule has 2 N–H and O–H groups in total. The predicted molar refractivity (Wildman–Crippen MR) is 63.9 cm³/mol. The molecule has 9 heteroatoms. The summed E-state index contributed by atoms with van der Waals surface area (Å²) in [4.78, 5) is 10.9. The summed E-state index contributed by atoms with van der Waals surface area (Å²) in [5.74, 6) is 5.96. The van der Waals surface area contributed by atoms with Crippen LogP contribution < -0.4 is 10.6 Å². The Kier molecular flexibility index (Phi) is 3.33. The highest BCUT2D eigenvalue weighted by Crippen LogP contribution is 2.35. The third-order valence-electron chi connectivity index (χ3n) is 2.10. The number of rotatable bonds is 4. The van der Waals surface area contributed by atoms with E-state index in [0.717, 1.165) is 11.8 Å². The van der Waals surface area contributed by atoms with Crippen molar-refractivity contribution in [3.8, 4) is 5.75 Å². The van der Waals surface area contributed by atoms with Gasteiger partial charge in [0.1, 0.15) is 12.1 Å². The summed E-state index contributed by atoms with van der Waals surface area (Å²) in [5.41, 5.74) is -0.0673. The fraction of sp³-hybridized carbons (Fsp3) is 0.111. The van der Waals surface area contributed by atoms with Gasteiger partial charge in [0.2, 0.25) is 5.16 Å². The maximum absolute atomic E-state index is 11.0. The van der Waals surface area contributed by atoms with Crippen LogP contribution in [-0.2, 0) is 0 Å². The van der Waals surface area contributed by atoms with Crippen LogP contribution in [0.5, 0.6) is 5.75 Å². The Bertz CT molecular complexity index is 585. The zero-order valence-electron chi connectivity index (χ0n) is 9.31. The summed E-state index contributed by atoms with van der Waals surface area (Å²) in [7, 11) is 1.45. The number of ether oxygens (including phenoxy) is 1. The van der Waals surface area contributed by atoms with Crippen molar-refractivity contribution in [2.75, 3.05) is 13.0 Å². The molecule has 2 rings (SSSR count). The molecule has 0 atom stereocenters. The van der Waals surface area contributed by atoms with Gasteiger partial charge in [0.25, 0.3) is 5.69 Å². The first kappa shape index (κ1) is 12.2. The van der Waals surface area contributed by atoms with Gasteiger partial charge >= 0.3 is 0 Å². The molecule has 0 saturated heterocycles. The highest BCUT2D eigenvalue weighted by Gasteiger charge is 2.18. The molecule has 1 aromatic heterocycles. The van der Waals surface area contributed by atoms with Gasteiger partial charge in [-0.25, -0.2) is 4.68 Å². The molecule has 0 spiro atoms. The fourth-order valence-electron chi connectivity index (χ4n) is 1.26. The molecule has 0 fully saturated rings. The van der Waals surface area contributed by atoms with Gasteiger partial charge in [0.05, 0.1) is 23.0 Å². The van der Waals surface area contributed by atoms with Crippen molar-refractivity contribution < 1.29 is 9.66 Å². The molecule has 0 aliphatic carbocycles. The lowest BCUT2D eigenvalue weighted by Crippen LogP contribution is -2.07. The first-order chi connectivity index (χ1) is 8.61. The van der Waals surface area contributed by atoms with Crippen LogP contribution in [0.3, 0.4) is 0 Å². The molecule has 0 amide bonds. The van der Waals surface area contributed by atoms with E-state index in [1.54, 1.807) is 12.1 Å². The molecule has 0 aliphatic heterocycles. The standard InChI is InChI=1S/C9H9N5O3S/c1-17-6-2-3-8(7(4-6)14(15)16)18-9-12-11-5-13(9)10/h2-5H,10H2,1H3. The Morgan fingerprint density at radius 1 is 1.56 bits per heavy atom. The maximum Gasteiger partial charge on any atom is 0.287 e. The van der Waals surface area contributed by atoms with Crippen molar-refractivity contribution in [2.45, 2.75) is 10.1 Å². The molecule has 1 aromatic carbocycles. The summed E-state index contributed by atoms with van der Waals surface area (Å²) in [6, 6.07) is 4.56. The second-order valence-corrected chi connectivity index (χ2v) is 4.22. The lowest BCUT2D eigenvalue weighted by Gasteiger charge is -2.04. The van der Waals surface area contributed by atoms with Crippen molar-refractivity contribution in [2.24, 2.45) is 0 Å². The zero-order valence-corrected chi connectivity index (χ0v) is 10.1. The molecule has 0 unspecified atom stereocenters. The number of hydrogen-bond donors (Lipinski definition) is 1. The number of benzene rings is 1. The molecule has 94 valence electrons. The number of nitrogens with two attached hydrogens (primary N) is 1. The lowest BCUT2D eigenvalue weighted by atomic mass is 10.3. The van der Waals surface area contributed by atoms with Gasteiger partial charge in [0, 0.05) is 0 Å². The summed E-state index contributed by atoms with van der Waals surface area (Å²) in [6.07, 6.45) is 1.32. The van der Waals surface area contributed by atoms with E-state index in [0.29, 0.717) is 15.8 Å². The van der Waals surface area contributed by atoms with Crippen molar-refractivity contribution >= 4 is 17.4 Å². The van der Waals surface area contributed by atoms with Crippen LogP contribution in [0, 0.1) is 10.1 Å². The Labute approximate surface area is 106 Å². The minimum atomic E-state index is -0.484. The van der Waals surface area contributed by atoms with Crippen LogP contribution in [0.25, 0.3) is 0 Å². The topological polar surface area (TPSA) is 109 Å². The van der Waals surface area contributed by atoms with E-state index < -0.39 is 4.92 Å². The Morgan fingerprint density at radius 2 is 2.33 bits per heavy atom. The Hall–Kier alpha value is -2.29. The number of nitrogens with zero attached hydrogens (tertiary/aromatic N) is 4. The first-order valence-corrected chi connectivity index (χ1v) is 5.59. The van der Waals surface area contributed by atoms with Crippen molar-refractivity contribution in [3.63, 3.8) is 0 Å². The van der Waals surface area contributed by atoms with E-state index >= 15 is 0 Å². The van der Waals surface area contributed by atoms with Gasteiger partial charge < -0.3 is 10.6 Å². The molecule has 18 heavy (non-hydrogen) atoms. The molecule has 1 heterocycles. The second-order valence-electron chi connectivity index (χ2n) is 3.21. The van der Waals surface area contributed by atoms with Gasteiger partial charge in [-0.1, -0.05) is 0 Å². The molecule has 0 radical (unpaired) electrons. The number of hydrogen-bond acceptors (Lipinski definition) is 7. The first-order valence-electron chi connectivity index (χ1n) is 4.77. The number of methoxy groups -OCH3 is 1. The Balaban J connectivity index is 2.38. The largest absolute Gasteiger partial charge is 0.497 e. The van der Waals surface area contributed by atoms with Gasteiger partial charge in [-0.3, -0.25) is 10.1 Å². The molecular formula is C9H9N5O3S.